The van der Waals surface area contributed by atoms with E-state index in [9.17, 15) is 13.2 Å². The van der Waals surface area contributed by atoms with E-state index in [0.29, 0.717) is 12.1 Å². The van der Waals surface area contributed by atoms with Crippen LogP contribution in [0.5, 0.6) is 0 Å². The van der Waals surface area contributed by atoms with Gasteiger partial charge in [0.15, 0.2) is 5.58 Å². The Labute approximate surface area is 145 Å². The second kappa shape index (κ2) is 5.57. The molecule has 1 aromatic heterocycles. The molecule has 0 aliphatic heterocycles. The normalized spacial score (nSPS) is 16.2. The summed E-state index contributed by atoms with van der Waals surface area (Å²) in [6, 6.07) is 14.1. The molecular weight excluding hydrogens is 340 g/mol. The molecule has 3 aromatic rings. The van der Waals surface area contributed by atoms with Crippen LogP contribution >= 0.6 is 0 Å². The lowest BCUT2D eigenvalue weighted by molar-refractivity contribution is 0.512. The van der Waals surface area contributed by atoms with Crippen molar-refractivity contribution in [3.8, 4) is 0 Å². The van der Waals surface area contributed by atoms with Gasteiger partial charge < -0.3 is 4.42 Å². The number of oxazole rings is 1. The van der Waals surface area contributed by atoms with E-state index in [0.717, 1.165) is 18.4 Å². The van der Waals surface area contributed by atoms with Gasteiger partial charge in [-0.05, 0) is 37.5 Å². The lowest BCUT2D eigenvalue weighted by Gasteiger charge is -2.18. The molecule has 0 radical (unpaired) electrons. The largest absolute Gasteiger partial charge is 0.419 e. The summed E-state index contributed by atoms with van der Waals surface area (Å²) < 4.78 is 35.1. The molecule has 25 heavy (non-hydrogen) atoms. The van der Waals surface area contributed by atoms with Crippen molar-refractivity contribution in [2.75, 3.05) is 0 Å². The summed E-state index contributed by atoms with van der Waals surface area (Å²) in [5.74, 6) is -0.483. The van der Waals surface area contributed by atoms with E-state index in [1.807, 2.05) is 37.3 Å². The Balaban J connectivity index is 1.71. The zero-order valence-electron chi connectivity index (χ0n) is 13.7. The molecule has 1 heterocycles. The minimum atomic E-state index is -3.73. The van der Waals surface area contributed by atoms with Gasteiger partial charge in [0.25, 0.3) is 0 Å². The molecule has 1 saturated carbocycles. The average molecular weight is 358 g/mol. The van der Waals surface area contributed by atoms with Crippen LogP contribution in [0.25, 0.3) is 11.1 Å². The highest BCUT2D eigenvalue weighted by atomic mass is 32.2. The van der Waals surface area contributed by atoms with Gasteiger partial charge in [-0.15, -0.1) is 0 Å². The Morgan fingerprint density at radius 3 is 2.52 bits per heavy atom. The van der Waals surface area contributed by atoms with Gasteiger partial charge >= 0.3 is 5.76 Å². The maximum absolute atomic E-state index is 12.8. The first-order chi connectivity index (χ1) is 12.0. The first-order valence-corrected chi connectivity index (χ1v) is 9.66. The zero-order valence-corrected chi connectivity index (χ0v) is 14.5. The Kier molecular flexibility index (Phi) is 3.59. The van der Waals surface area contributed by atoms with Crippen molar-refractivity contribution < 1.29 is 12.8 Å². The summed E-state index contributed by atoms with van der Waals surface area (Å²) in [4.78, 5) is 11.9. The molecule has 4 rings (SSSR count). The standard InChI is InChI=1S/C18H18N2O4S/c1-2-20-15-9-8-14(12-16(15)24-17(20)21)25(22,23)19-18(10-11-18)13-6-4-3-5-7-13/h3-9,12,19H,2,10-11H2,1H3. The lowest BCUT2D eigenvalue weighted by atomic mass is 10.1. The average Bonchev–Trinajstić information content (AvgIpc) is 3.29. The number of hydrogen-bond donors (Lipinski definition) is 1. The van der Waals surface area contributed by atoms with E-state index in [1.54, 1.807) is 6.07 Å². The summed E-state index contributed by atoms with van der Waals surface area (Å²) in [5.41, 5.74) is 1.30. The first-order valence-electron chi connectivity index (χ1n) is 8.18. The molecule has 6 nitrogen and oxygen atoms in total. The number of benzene rings is 2. The van der Waals surface area contributed by atoms with E-state index >= 15 is 0 Å². The van der Waals surface area contributed by atoms with Crippen LogP contribution in [0.2, 0.25) is 0 Å². The van der Waals surface area contributed by atoms with E-state index < -0.39 is 21.3 Å². The van der Waals surface area contributed by atoms with Gasteiger partial charge in [0.05, 0.1) is 16.0 Å². The number of hydrogen-bond acceptors (Lipinski definition) is 4. The minimum Gasteiger partial charge on any atom is -0.408 e. The molecule has 130 valence electrons. The molecule has 7 heteroatoms. The third-order valence-electron chi connectivity index (χ3n) is 4.67. The maximum Gasteiger partial charge on any atom is 0.419 e. The van der Waals surface area contributed by atoms with Crippen LogP contribution < -0.4 is 10.5 Å². The van der Waals surface area contributed by atoms with Gasteiger partial charge in [0.1, 0.15) is 0 Å². The summed E-state index contributed by atoms with van der Waals surface area (Å²) in [6.45, 7) is 2.30. The van der Waals surface area contributed by atoms with Crippen molar-refractivity contribution in [3.05, 3.63) is 64.6 Å². The fraction of sp³-hybridized carbons (Fsp3) is 0.278. The van der Waals surface area contributed by atoms with Crippen LogP contribution in [-0.2, 0) is 22.1 Å². The van der Waals surface area contributed by atoms with Crippen LogP contribution in [0.3, 0.4) is 0 Å². The molecule has 0 unspecified atom stereocenters. The maximum atomic E-state index is 12.8. The molecule has 0 spiro atoms. The van der Waals surface area contributed by atoms with E-state index in [-0.39, 0.29) is 10.5 Å². The number of nitrogens with one attached hydrogen (secondary N) is 1. The number of rotatable bonds is 5. The fourth-order valence-electron chi connectivity index (χ4n) is 3.16. The van der Waals surface area contributed by atoms with Gasteiger partial charge in [0.2, 0.25) is 10.0 Å². The summed E-state index contributed by atoms with van der Waals surface area (Å²) in [6.07, 6.45) is 1.53. The van der Waals surface area contributed by atoms with Crippen molar-refractivity contribution >= 4 is 21.1 Å². The van der Waals surface area contributed by atoms with Gasteiger partial charge in [-0.25, -0.2) is 17.9 Å². The van der Waals surface area contributed by atoms with Crippen LogP contribution in [0.4, 0.5) is 0 Å². The van der Waals surface area contributed by atoms with Crippen LogP contribution in [0, 0.1) is 0 Å². The molecule has 0 saturated heterocycles. The predicted octanol–water partition coefficient (Wildman–Crippen LogP) is 2.58. The van der Waals surface area contributed by atoms with Gasteiger partial charge in [-0.3, -0.25) is 4.57 Å². The summed E-state index contributed by atoms with van der Waals surface area (Å²) >= 11 is 0. The highest BCUT2D eigenvalue weighted by molar-refractivity contribution is 7.89. The Bertz CT molecular complexity index is 1090. The first kappa shape index (κ1) is 16.1. The molecule has 1 fully saturated rings. The second-order valence-corrected chi connectivity index (χ2v) is 7.98. The smallest absolute Gasteiger partial charge is 0.408 e. The van der Waals surface area contributed by atoms with Crippen LogP contribution in [-0.4, -0.2) is 13.0 Å². The number of sulfonamides is 1. The predicted molar refractivity (Wildman–Crippen MR) is 93.8 cm³/mol. The highest BCUT2D eigenvalue weighted by Crippen LogP contribution is 2.46. The zero-order chi connectivity index (χ0) is 17.7. The molecular formula is C18H18N2O4S. The molecule has 0 atom stereocenters. The summed E-state index contributed by atoms with van der Waals surface area (Å²) in [7, 11) is -3.73. The van der Waals surface area contributed by atoms with Gasteiger partial charge in [-0.2, -0.15) is 0 Å². The topological polar surface area (TPSA) is 81.3 Å². The van der Waals surface area contributed by atoms with Crippen molar-refractivity contribution in [1.29, 1.82) is 0 Å². The molecule has 1 aliphatic rings. The van der Waals surface area contributed by atoms with Crippen molar-refractivity contribution in [2.24, 2.45) is 0 Å². The molecule has 1 N–H and O–H groups in total. The Morgan fingerprint density at radius 2 is 1.88 bits per heavy atom. The third kappa shape index (κ3) is 2.69. The van der Waals surface area contributed by atoms with Crippen LogP contribution in [0.1, 0.15) is 25.3 Å². The SMILES string of the molecule is CCn1c(=O)oc2cc(S(=O)(=O)NC3(c4ccccc4)CC3)ccc21. The van der Waals surface area contributed by atoms with Crippen molar-refractivity contribution in [2.45, 2.75) is 36.7 Å². The second-order valence-electron chi connectivity index (χ2n) is 6.30. The van der Waals surface area contributed by atoms with Crippen molar-refractivity contribution in [1.82, 2.24) is 9.29 Å². The van der Waals surface area contributed by atoms with Gasteiger partial charge in [-0.1, -0.05) is 30.3 Å². The number of aromatic nitrogens is 1. The van der Waals surface area contributed by atoms with E-state index in [1.165, 1.54) is 16.7 Å². The number of fused-ring (bicyclic) bond motifs is 1. The lowest BCUT2D eigenvalue weighted by Crippen LogP contribution is -2.34. The minimum absolute atomic E-state index is 0.0965. The van der Waals surface area contributed by atoms with Gasteiger partial charge in [0, 0.05) is 12.6 Å². The number of aryl methyl sites for hydroxylation is 1. The molecule has 0 amide bonds. The van der Waals surface area contributed by atoms with Crippen molar-refractivity contribution in [3.63, 3.8) is 0 Å². The monoisotopic (exact) mass is 358 g/mol. The summed E-state index contributed by atoms with van der Waals surface area (Å²) in [5, 5.41) is 0. The molecule has 1 aliphatic carbocycles. The molecule has 2 aromatic carbocycles. The fourth-order valence-corrected chi connectivity index (χ4v) is 4.62. The van der Waals surface area contributed by atoms with E-state index in [4.69, 9.17) is 4.42 Å². The van der Waals surface area contributed by atoms with E-state index in [2.05, 4.69) is 4.72 Å². The quantitative estimate of drug-likeness (QED) is 0.760. The number of nitrogens with zero attached hydrogens (tertiary/aromatic N) is 1. The Hall–Kier alpha value is -2.38. The van der Waals surface area contributed by atoms with Crippen LogP contribution in [0.15, 0.2) is 62.6 Å². The Morgan fingerprint density at radius 1 is 1.16 bits per heavy atom. The molecule has 0 bridgehead atoms. The highest BCUT2D eigenvalue weighted by Gasteiger charge is 2.47. The third-order valence-corrected chi connectivity index (χ3v) is 6.21.